The molecule has 1 atom stereocenters. The highest BCUT2D eigenvalue weighted by Crippen LogP contribution is 2.22. The molecule has 1 aromatic carbocycles. The smallest absolute Gasteiger partial charge is 0.127 e. The number of hydrogen-bond acceptors (Lipinski definition) is 1. The Balaban J connectivity index is 0.000000956. The predicted molar refractivity (Wildman–Crippen MR) is 88.1 cm³/mol. The Labute approximate surface area is 126 Å². The minimum Gasteiger partial charge on any atom is -0.237 e. The van der Waals surface area contributed by atoms with Crippen LogP contribution in [0.25, 0.3) is 0 Å². The van der Waals surface area contributed by atoms with Gasteiger partial charge in [0.1, 0.15) is 11.0 Å². The second-order valence-corrected chi connectivity index (χ2v) is 6.40. The number of allylic oxidation sites excluding steroid dienone is 1. The summed E-state index contributed by atoms with van der Waals surface area (Å²) >= 11 is 0. The second-order valence-electron chi connectivity index (χ2n) is 4.95. The van der Waals surface area contributed by atoms with Gasteiger partial charge in [-0.2, -0.15) is 0 Å². The highest BCUT2D eigenvalue weighted by atomic mass is 32.2. The van der Waals surface area contributed by atoms with Crippen LogP contribution in [-0.4, -0.2) is 21.6 Å². The summed E-state index contributed by atoms with van der Waals surface area (Å²) in [7, 11) is -0.981. The molecule has 1 saturated heterocycles. The molecule has 0 spiro atoms. The third-order valence-electron chi connectivity index (χ3n) is 3.28. The van der Waals surface area contributed by atoms with E-state index in [1.807, 2.05) is 39.0 Å². The Morgan fingerprint density at radius 1 is 1.25 bits per heavy atom. The first-order valence-electron chi connectivity index (χ1n) is 7.57. The van der Waals surface area contributed by atoms with Crippen LogP contribution in [0.4, 0.5) is 0 Å². The van der Waals surface area contributed by atoms with Crippen LogP contribution in [0.1, 0.15) is 45.6 Å². The van der Waals surface area contributed by atoms with E-state index in [4.69, 9.17) is 0 Å². The van der Waals surface area contributed by atoms with E-state index in [0.717, 1.165) is 30.8 Å². The lowest BCUT2D eigenvalue weighted by molar-refractivity contribution is 0.535. The summed E-state index contributed by atoms with van der Waals surface area (Å²) in [5.74, 6) is 0. The van der Waals surface area contributed by atoms with Crippen molar-refractivity contribution < 1.29 is 4.21 Å². The zero-order valence-corrected chi connectivity index (χ0v) is 13.8. The van der Waals surface area contributed by atoms with E-state index in [9.17, 15) is 4.21 Å². The lowest BCUT2D eigenvalue weighted by Crippen LogP contribution is -2.22. The zero-order valence-electron chi connectivity index (χ0n) is 13.0. The zero-order chi connectivity index (χ0) is 15.0. The van der Waals surface area contributed by atoms with Crippen molar-refractivity contribution in [3.8, 4) is 0 Å². The van der Waals surface area contributed by atoms with Crippen molar-refractivity contribution in [3.63, 3.8) is 0 Å². The van der Waals surface area contributed by atoms with E-state index in [2.05, 4.69) is 17.0 Å². The summed E-state index contributed by atoms with van der Waals surface area (Å²) in [6, 6.07) is 8.10. The number of rotatable bonds is 5. The van der Waals surface area contributed by atoms with Crippen molar-refractivity contribution >= 4 is 11.0 Å². The molecular weight excluding hydrogens is 266 g/mol. The summed E-state index contributed by atoms with van der Waals surface area (Å²) in [6.07, 6.45) is 4.23. The molecule has 1 aliphatic heterocycles. The van der Waals surface area contributed by atoms with Crippen LogP contribution in [0.3, 0.4) is 0 Å². The van der Waals surface area contributed by atoms with E-state index >= 15 is 0 Å². The molecule has 20 heavy (non-hydrogen) atoms. The quantitative estimate of drug-likeness (QED) is 0.740. The summed E-state index contributed by atoms with van der Waals surface area (Å²) in [6.45, 7) is 11.9. The minimum absolute atomic E-state index is 0.936. The number of nitrogens with zero attached hydrogens (tertiary/aromatic N) is 1. The molecule has 1 fully saturated rings. The molecule has 0 N–H and O–H groups in total. The molecular formula is C17H27NOS. The average molecular weight is 293 g/mol. The van der Waals surface area contributed by atoms with Crippen LogP contribution < -0.4 is 0 Å². The fourth-order valence-corrected chi connectivity index (χ4v) is 3.68. The molecule has 0 bridgehead atoms. The Morgan fingerprint density at radius 3 is 2.45 bits per heavy atom. The van der Waals surface area contributed by atoms with Gasteiger partial charge in [0, 0.05) is 13.1 Å². The Morgan fingerprint density at radius 2 is 1.85 bits per heavy atom. The van der Waals surface area contributed by atoms with Crippen molar-refractivity contribution in [2.45, 2.75) is 51.3 Å². The van der Waals surface area contributed by atoms with Crippen LogP contribution in [-0.2, 0) is 17.4 Å². The largest absolute Gasteiger partial charge is 0.237 e. The molecule has 1 unspecified atom stereocenters. The van der Waals surface area contributed by atoms with Gasteiger partial charge in [-0.25, -0.2) is 8.51 Å². The van der Waals surface area contributed by atoms with Gasteiger partial charge in [0.15, 0.2) is 0 Å². The van der Waals surface area contributed by atoms with Crippen LogP contribution in [0.2, 0.25) is 0 Å². The lowest BCUT2D eigenvalue weighted by Gasteiger charge is -2.16. The molecule has 1 heterocycles. The summed E-state index contributed by atoms with van der Waals surface area (Å²) in [5, 5.41) is 0. The summed E-state index contributed by atoms with van der Waals surface area (Å²) in [5.41, 5.74) is 2.38. The normalized spacial score (nSPS) is 16.4. The maximum absolute atomic E-state index is 12.5. The van der Waals surface area contributed by atoms with E-state index < -0.39 is 11.0 Å². The van der Waals surface area contributed by atoms with Gasteiger partial charge >= 0.3 is 0 Å². The van der Waals surface area contributed by atoms with E-state index in [1.165, 1.54) is 24.0 Å². The Kier molecular flexibility index (Phi) is 7.78. The number of hydrogen-bond donors (Lipinski definition) is 0. The van der Waals surface area contributed by atoms with Gasteiger partial charge in [-0.1, -0.05) is 37.6 Å². The molecule has 1 aliphatic rings. The van der Waals surface area contributed by atoms with Gasteiger partial charge in [0.2, 0.25) is 0 Å². The molecule has 3 heteroatoms. The maximum Gasteiger partial charge on any atom is 0.127 e. The highest BCUT2D eigenvalue weighted by molar-refractivity contribution is 7.82. The van der Waals surface area contributed by atoms with Crippen molar-refractivity contribution in [2.24, 2.45) is 0 Å². The SMILES string of the molecule is C=C(C)CCc1ccccc1S(=O)N1CCCC1.CC. The molecule has 0 aliphatic carbocycles. The van der Waals surface area contributed by atoms with Gasteiger partial charge in [-0.3, -0.25) is 0 Å². The van der Waals surface area contributed by atoms with Gasteiger partial charge in [-0.15, -0.1) is 6.58 Å². The van der Waals surface area contributed by atoms with Crippen LogP contribution in [0.5, 0.6) is 0 Å². The number of aryl methyl sites for hydroxylation is 1. The molecule has 1 aromatic rings. The first-order chi connectivity index (χ1) is 9.68. The second kappa shape index (κ2) is 9.09. The first kappa shape index (κ1) is 17.1. The third kappa shape index (κ3) is 4.88. The fourth-order valence-electron chi connectivity index (χ4n) is 2.22. The molecule has 2 rings (SSSR count). The van der Waals surface area contributed by atoms with Crippen molar-refractivity contribution in [2.75, 3.05) is 13.1 Å². The van der Waals surface area contributed by atoms with Crippen molar-refractivity contribution in [3.05, 3.63) is 42.0 Å². The summed E-state index contributed by atoms with van der Waals surface area (Å²) in [4.78, 5) is 0.987. The lowest BCUT2D eigenvalue weighted by atomic mass is 10.1. The molecule has 0 radical (unpaired) electrons. The van der Waals surface area contributed by atoms with Crippen LogP contribution in [0.15, 0.2) is 41.3 Å². The van der Waals surface area contributed by atoms with Gasteiger partial charge in [0.25, 0.3) is 0 Å². The van der Waals surface area contributed by atoms with Crippen LogP contribution in [0, 0.1) is 0 Å². The van der Waals surface area contributed by atoms with Gasteiger partial charge in [0.05, 0.1) is 4.90 Å². The van der Waals surface area contributed by atoms with Gasteiger partial charge in [-0.05, 0) is 44.2 Å². The van der Waals surface area contributed by atoms with Crippen molar-refractivity contribution in [1.82, 2.24) is 4.31 Å². The van der Waals surface area contributed by atoms with Crippen LogP contribution >= 0.6 is 0 Å². The Hall–Kier alpha value is -0.930. The number of benzene rings is 1. The fraction of sp³-hybridized carbons (Fsp3) is 0.529. The molecule has 0 amide bonds. The molecule has 0 saturated carbocycles. The highest BCUT2D eigenvalue weighted by Gasteiger charge is 2.20. The van der Waals surface area contributed by atoms with E-state index in [-0.39, 0.29) is 0 Å². The molecule has 0 aromatic heterocycles. The molecule has 112 valence electrons. The maximum atomic E-state index is 12.5. The summed E-state index contributed by atoms with van der Waals surface area (Å²) < 4.78 is 14.6. The van der Waals surface area contributed by atoms with Crippen molar-refractivity contribution in [1.29, 1.82) is 0 Å². The van der Waals surface area contributed by atoms with Gasteiger partial charge < -0.3 is 0 Å². The van der Waals surface area contributed by atoms with E-state index in [0.29, 0.717) is 0 Å². The third-order valence-corrected chi connectivity index (χ3v) is 4.89. The standard InChI is InChI=1S/C15H21NOS.C2H6/c1-13(2)9-10-14-7-3-4-8-15(14)18(17)16-11-5-6-12-16;1-2/h3-4,7-8H,1,5-6,9-12H2,2H3;1-2H3. The topological polar surface area (TPSA) is 20.3 Å². The predicted octanol–water partition coefficient (Wildman–Crippen LogP) is 4.34. The average Bonchev–Trinajstić information content (AvgIpc) is 3.01. The Bertz CT molecular complexity index is 450. The molecule has 2 nitrogen and oxygen atoms in total. The minimum atomic E-state index is -0.981. The first-order valence-corrected chi connectivity index (χ1v) is 8.68. The monoisotopic (exact) mass is 293 g/mol. The van der Waals surface area contributed by atoms with E-state index in [1.54, 1.807) is 0 Å².